The molecule has 1 unspecified atom stereocenters. The lowest BCUT2D eigenvalue weighted by atomic mass is 10.0. The van der Waals surface area contributed by atoms with Gasteiger partial charge in [0.1, 0.15) is 0 Å². The number of rotatable bonds is 4. The van der Waals surface area contributed by atoms with Crippen molar-refractivity contribution in [3.8, 4) is 0 Å². The Bertz CT molecular complexity index is 642. The van der Waals surface area contributed by atoms with Gasteiger partial charge in [-0.3, -0.25) is 4.79 Å². The summed E-state index contributed by atoms with van der Waals surface area (Å²) in [7, 11) is -3.99. The van der Waals surface area contributed by atoms with Gasteiger partial charge in [-0.05, 0) is 34.1 Å². The zero-order valence-corrected chi connectivity index (χ0v) is 13.3. The Morgan fingerprint density at radius 1 is 1.50 bits per heavy atom. The van der Waals surface area contributed by atoms with Crippen molar-refractivity contribution in [2.24, 2.45) is 0 Å². The number of halogens is 2. The van der Waals surface area contributed by atoms with Gasteiger partial charge < -0.3 is 9.84 Å². The number of hydrogen-bond acceptors (Lipinski definition) is 4. The largest absolute Gasteiger partial charge is 0.480 e. The summed E-state index contributed by atoms with van der Waals surface area (Å²) in [5.74, 6) is -1.26. The molecule has 1 atom stereocenters. The molecule has 0 spiro atoms. The van der Waals surface area contributed by atoms with Crippen LogP contribution in [0.3, 0.4) is 0 Å². The van der Waals surface area contributed by atoms with E-state index in [1.807, 2.05) is 0 Å². The summed E-state index contributed by atoms with van der Waals surface area (Å²) < 4.78 is 32.2. The molecule has 0 aliphatic carbocycles. The van der Waals surface area contributed by atoms with Gasteiger partial charge in [0.15, 0.2) is 5.54 Å². The van der Waals surface area contributed by atoms with Crippen LogP contribution in [0.25, 0.3) is 0 Å². The van der Waals surface area contributed by atoms with E-state index in [0.29, 0.717) is 9.50 Å². The second-order valence-electron chi connectivity index (χ2n) is 4.37. The lowest BCUT2D eigenvalue weighted by Crippen LogP contribution is -2.54. The van der Waals surface area contributed by atoms with Crippen molar-refractivity contribution in [1.82, 2.24) is 4.72 Å². The molecule has 6 nitrogen and oxygen atoms in total. The van der Waals surface area contributed by atoms with Gasteiger partial charge in [-0.1, -0.05) is 11.6 Å². The Kier molecular flexibility index (Phi) is 4.41. The number of hydrogen-bond donors (Lipinski definition) is 2. The van der Waals surface area contributed by atoms with Gasteiger partial charge in [-0.2, -0.15) is 4.72 Å². The Labute approximate surface area is 129 Å². The Hall–Kier alpha value is -0.670. The molecule has 0 saturated carbocycles. The first kappa shape index (κ1) is 15.7. The molecular weight excluding hydrogens is 374 g/mol. The van der Waals surface area contributed by atoms with Gasteiger partial charge >= 0.3 is 5.97 Å². The van der Waals surface area contributed by atoms with Crippen molar-refractivity contribution >= 4 is 43.5 Å². The first-order chi connectivity index (χ1) is 9.27. The highest BCUT2D eigenvalue weighted by atomic mass is 79.9. The average molecular weight is 385 g/mol. The summed E-state index contributed by atoms with van der Waals surface area (Å²) in [6, 6.07) is 4.04. The summed E-state index contributed by atoms with van der Waals surface area (Å²) in [5.41, 5.74) is -1.62. The molecule has 2 rings (SSSR count). The maximum absolute atomic E-state index is 12.3. The average Bonchev–Trinajstić information content (AvgIpc) is 2.81. The maximum atomic E-state index is 12.3. The van der Waals surface area contributed by atoms with Crippen LogP contribution in [0.4, 0.5) is 0 Å². The van der Waals surface area contributed by atoms with Crippen molar-refractivity contribution in [2.75, 3.05) is 13.2 Å². The zero-order chi connectivity index (χ0) is 15.0. The molecule has 20 heavy (non-hydrogen) atoms. The van der Waals surface area contributed by atoms with E-state index in [9.17, 15) is 18.3 Å². The van der Waals surface area contributed by atoms with Crippen LogP contribution in [0, 0.1) is 0 Å². The molecule has 1 heterocycles. The van der Waals surface area contributed by atoms with Crippen molar-refractivity contribution in [3.05, 3.63) is 27.7 Å². The van der Waals surface area contributed by atoms with Gasteiger partial charge in [-0.15, -0.1) is 0 Å². The highest BCUT2D eigenvalue weighted by molar-refractivity contribution is 9.10. The van der Waals surface area contributed by atoms with Crippen molar-refractivity contribution in [3.63, 3.8) is 0 Å². The fraction of sp³-hybridized carbons (Fsp3) is 0.364. The van der Waals surface area contributed by atoms with E-state index in [4.69, 9.17) is 16.3 Å². The Morgan fingerprint density at radius 3 is 2.70 bits per heavy atom. The first-order valence-electron chi connectivity index (χ1n) is 5.57. The number of ether oxygens (including phenoxy) is 1. The van der Waals surface area contributed by atoms with E-state index in [2.05, 4.69) is 20.7 Å². The van der Waals surface area contributed by atoms with Crippen LogP contribution < -0.4 is 4.72 Å². The zero-order valence-electron chi connectivity index (χ0n) is 10.1. The van der Waals surface area contributed by atoms with Crippen LogP contribution >= 0.6 is 27.5 Å². The van der Waals surface area contributed by atoms with Crippen LogP contribution in [0.1, 0.15) is 6.42 Å². The third kappa shape index (κ3) is 2.99. The topological polar surface area (TPSA) is 92.7 Å². The van der Waals surface area contributed by atoms with Crippen molar-refractivity contribution in [1.29, 1.82) is 0 Å². The molecule has 110 valence electrons. The smallest absolute Gasteiger partial charge is 0.327 e. The highest BCUT2D eigenvalue weighted by Gasteiger charge is 2.46. The molecule has 1 aliphatic rings. The fourth-order valence-corrected chi connectivity index (χ4v) is 3.87. The molecule has 2 N–H and O–H groups in total. The highest BCUT2D eigenvalue weighted by Crippen LogP contribution is 2.27. The molecule has 1 aromatic carbocycles. The molecule has 1 saturated heterocycles. The van der Waals surface area contributed by atoms with Crippen LogP contribution in [0.2, 0.25) is 5.02 Å². The molecule has 9 heteroatoms. The molecule has 1 fully saturated rings. The second kappa shape index (κ2) is 5.61. The van der Waals surface area contributed by atoms with E-state index >= 15 is 0 Å². The van der Waals surface area contributed by atoms with Crippen LogP contribution in [0.5, 0.6) is 0 Å². The fourth-order valence-electron chi connectivity index (χ4n) is 1.82. The van der Waals surface area contributed by atoms with Crippen molar-refractivity contribution < 1.29 is 23.1 Å². The van der Waals surface area contributed by atoms with Crippen LogP contribution in [-0.4, -0.2) is 38.2 Å². The second-order valence-corrected chi connectivity index (χ2v) is 7.32. The molecule has 1 aromatic rings. The Balaban J connectivity index is 2.35. The minimum Gasteiger partial charge on any atom is -0.480 e. The summed E-state index contributed by atoms with van der Waals surface area (Å²) in [4.78, 5) is 11.2. The van der Waals surface area contributed by atoms with Crippen LogP contribution in [-0.2, 0) is 19.6 Å². The number of aliphatic carboxylic acids is 1. The van der Waals surface area contributed by atoms with Gasteiger partial charge in [0.05, 0.1) is 16.5 Å². The van der Waals surface area contributed by atoms with Gasteiger partial charge in [-0.25, -0.2) is 8.42 Å². The van der Waals surface area contributed by atoms with E-state index < -0.39 is 21.5 Å². The Morgan fingerprint density at radius 2 is 2.20 bits per heavy atom. The third-order valence-corrected chi connectivity index (χ3v) is 5.71. The lowest BCUT2D eigenvalue weighted by Gasteiger charge is -2.23. The predicted molar refractivity (Wildman–Crippen MR) is 75.3 cm³/mol. The van der Waals surface area contributed by atoms with E-state index in [0.717, 1.165) is 0 Å². The van der Waals surface area contributed by atoms with Crippen molar-refractivity contribution in [2.45, 2.75) is 16.9 Å². The summed E-state index contributed by atoms with van der Waals surface area (Å²) in [6.45, 7) is -0.00451. The van der Waals surface area contributed by atoms with Gasteiger partial charge in [0, 0.05) is 17.5 Å². The molecular formula is C11H11BrClNO5S. The van der Waals surface area contributed by atoms with Gasteiger partial charge in [0.2, 0.25) is 10.0 Å². The number of sulfonamides is 1. The van der Waals surface area contributed by atoms with E-state index in [1.165, 1.54) is 18.2 Å². The normalized spacial score (nSPS) is 22.9. The number of nitrogens with one attached hydrogen (secondary N) is 1. The van der Waals surface area contributed by atoms with E-state index in [-0.39, 0.29) is 24.5 Å². The number of carbonyl (C=O) groups is 1. The SMILES string of the molecule is O=C(O)C1(NS(=O)(=O)c2ccc(Cl)c(Br)c2)CCOC1. The van der Waals surface area contributed by atoms with Crippen LogP contribution in [0.15, 0.2) is 27.6 Å². The third-order valence-electron chi connectivity index (χ3n) is 2.96. The molecule has 0 radical (unpaired) electrons. The monoisotopic (exact) mass is 383 g/mol. The summed E-state index contributed by atoms with van der Waals surface area (Å²) in [6.07, 6.45) is 0.0797. The van der Waals surface area contributed by atoms with E-state index in [1.54, 1.807) is 0 Å². The number of carboxylic acid groups (broad SMARTS) is 1. The molecule has 0 amide bonds. The van der Waals surface area contributed by atoms with Gasteiger partial charge in [0.25, 0.3) is 0 Å². The number of carboxylic acids is 1. The summed E-state index contributed by atoms with van der Waals surface area (Å²) in [5, 5.41) is 9.60. The number of benzene rings is 1. The minimum absolute atomic E-state index is 0.0682. The maximum Gasteiger partial charge on any atom is 0.327 e. The summed E-state index contributed by atoms with van der Waals surface area (Å²) >= 11 is 8.93. The standard InChI is InChI=1S/C11H11BrClNO5S/c12-8-5-7(1-2-9(8)13)20(17,18)14-11(10(15)16)3-4-19-6-11/h1-2,5,14H,3-4,6H2,(H,15,16). The molecule has 1 aliphatic heterocycles. The quantitative estimate of drug-likeness (QED) is 0.823. The molecule has 0 aromatic heterocycles. The molecule has 0 bridgehead atoms. The predicted octanol–water partition coefficient (Wildman–Crippen LogP) is 1.62. The lowest BCUT2D eigenvalue weighted by molar-refractivity contribution is -0.144. The first-order valence-corrected chi connectivity index (χ1v) is 8.22. The minimum atomic E-state index is -3.99.